The van der Waals surface area contributed by atoms with Crippen LogP contribution in [-0.2, 0) is 4.74 Å². The van der Waals surface area contributed by atoms with Crippen molar-refractivity contribution in [3.05, 3.63) is 23.8 Å². The van der Waals surface area contributed by atoms with Crippen LogP contribution in [0.4, 0.5) is 0 Å². The number of aldehydes is 1. The van der Waals surface area contributed by atoms with Gasteiger partial charge in [-0.25, -0.2) is 0 Å². The van der Waals surface area contributed by atoms with Gasteiger partial charge < -0.3 is 14.2 Å². The minimum absolute atomic E-state index is 0.168. The van der Waals surface area contributed by atoms with Gasteiger partial charge in [0.15, 0.2) is 17.8 Å². The standard InChI is InChI=1S/C13H18O4/c1-10(2)16-7-8-17-13-11(9-14)5-4-6-12(13)15-3/h4-6,9-10H,7-8H2,1-3H3. The lowest BCUT2D eigenvalue weighted by Gasteiger charge is -2.13. The lowest BCUT2D eigenvalue weighted by Crippen LogP contribution is -2.12. The van der Waals surface area contributed by atoms with E-state index in [0.717, 1.165) is 6.29 Å². The van der Waals surface area contributed by atoms with Crippen LogP contribution in [0.5, 0.6) is 11.5 Å². The Labute approximate surface area is 101 Å². The van der Waals surface area contributed by atoms with Crippen LogP contribution in [0.2, 0.25) is 0 Å². The molecule has 0 saturated carbocycles. The summed E-state index contributed by atoms with van der Waals surface area (Å²) in [5.74, 6) is 1.02. The van der Waals surface area contributed by atoms with E-state index in [9.17, 15) is 4.79 Å². The van der Waals surface area contributed by atoms with Gasteiger partial charge in [0.05, 0.1) is 25.4 Å². The molecule has 0 bridgehead atoms. The Kier molecular flexibility index (Phi) is 5.49. The predicted molar refractivity (Wildman–Crippen MR) is 65.0 cm³/mol. The summed E-state index contributed by atoms with van der Waals surface area (Å²) in [7, 11) is 1.54. The Balaban J connectivity index is 2.64. The molecule has 0 atom stereocenters. The monoisotopic (exact) mass is 238 g/mol. The van der Waals surface area contributed by atoms with Crippen LogP contribution >= 0.6 is 0 Å². The molecule has 0 unspecified atom stereocenters. The minimum Gasteiger partial charge on any atom is -0.493 e. The molecule has 1 aromatic carbocycles. The van der Waals surface area contributed by atoms with E-state index in [1.54, 1.807) is 25.3 Å². The zero-order valence-electron chi connectivity index (χ0n) is 10.4. The van der Waals surface area contributed by atoms with E-state index in [1.165, 1.54) is 0 Å². The van der Waals surface area contributed by atoms with Gasteiger partial charge in [-0.15, -0.1) is 0 Å². The van der Waals surface area contributed by atoms with E-state index in [2.05, 4.69) is 0 Å². The van der Waals surface area contributed by atoms with E-state index < -0.39 is 0 Å². The first kappa shape index (κ1) is 13.5. The van der Waals surface area contributed by atoms with Gasteiger partial charge in [-0.3, -0.25) is 4.79 Å². The van der Waals surface area contributed by atoms with Gasteiger partial charge in [0.2, 0.25) is 0 Å². The normalized spacial score (nSPS) is 10.4. The Morgan fingerprint density at radius 2 is 2.06 bits per heavy atom. The van der Waals surface area contributed by atoms with Crippen LogP contribution in [0.3, 0.4) is 0 Å². The molecular formula is C13H18O4. The van der Waals surface area contributed by atoms with Crippen molar-refractivity contribution >= 4 is 6.29 Å². The van der Waals surface area contributed by atoms with Gasteiger partial charge in [0.25, 0.3) is 0 Å². The number of hydrogen-bond donors (Lipinski definition) is 0. The van der Waals surface area contributed by atoms with Crippen LogP contribution in [0.25, 0.3) is 0 Å². The van der Waals surface area contributed by atoms with Gasteiger partial charge in [-0.05, 0) is 26.0 Å². The maximum absolute atomic E-state index is 10.9. The van der Waals surface area contributed by atoms with Crippen molar-refractivity contribution in [2.45, 2.75) is 20.0 Å². The van der Waals surface area contributed by atoms with Crippen molar-refractivity contribution in [3.8, 4) is 11.5 Å². The highest BCUT2D eigenvalue weighted by Crippen LogP contribution is 2.29. The number of carbonyl (C=O) groups is 1. The van der Waals surface area contributed by atoms with Gasteiger partial charge in [0.1, 0.15) is 6.61 Å². The molecule has 0 spiro atoms. The summed E-state index contributed by atoms with van der Waals surface area (Å²) in [6, 6.07) is 5.19. The summed E-state index contributed by atoms with van der Waals surface area (Å²) in [5, 5.41) is 0. The number of ether oxygens (including phenoxy) is 3. The summed E-state index contributed by atoms with van der Waals surface area (Å²) >= 11 is 0. The van der Waals surface area contributed by atoms with Crippen LogP contribution in [-0.4, -0.2) is 32.7 Å². The molecule has 0 N–H and O–H groups in total. The first-order valence-corrected chi connectivity index (χ1v) is 5.55. The van der Waals surface area contributed by atoms with E-state index >= 15 is 0 Å². The number of methoxy groups -OCH3 is 1. The second-order valence-corrected chi connectivity index (χ2v) is 3.76. The number of rotatable bonds is 7. The molecule has 94 valence electrons. The highest BCUT2D eigenvalue weighted by Gasteiger charge is 2.09. The summed E-state index contributed by atoms with van der Waals surface area (Å²) in [6.45, 7) is 4.79. The number of para-hydroxylation sites is 1. The third-order valence-corrected chi connectivity index (χ3v) is 2.14. The molecule has 1 rings (SSSR count). The molecule has 0 fully saturated rings. The van der Waals surface area contributed by atoms with Crippen LogP contribution in [0.15, 0.2) is 18.2 Å². The molecule has 0 aromatic heterocycles. The molecule has 1 aromatic rings. The van der Waals surface area contributed by atoms with E-state index in [-0.39, 0.29) is 6.10 Å². The smallest absolute Gasteiger partial charge is 0.171 e. The summed E-state index contributed by atoms with van der Waals surface area (Å²) in [4.78, 5) is 10.9. The van der Waals surface area contributed by atoms with Crippen molar-refractivity contribution in [2.75, 3.05) is 20.3 Å². The summed E-state index contributed by atoms with van der Waals surface area (Å²) in [5.41, 5.74) is 0.480. The van der Waals surface area contributed by atoms with Crippen LogP contribution in [0.1, 0.15) is 24.2 Å². The lowest BCUT2D eigenvalue weighted by molar-refractivity contribution is 0.0544. The molecule has 0 aliphatic rings. The molecule has 0 heterocycles. The molecule has 4 nitrogen and oxygen atoms in total. The maximum atomic E-state index is 10.9. The van der Waals surface area contributed by atoms with Crippen molar-refractivity contribution in [2.24, 2.45) is 0 Å². The van der Waals surface area contributed by atoms with Gasteiger partial charge in [-0.2, -0.15) is 0 Å². The second kappa shape index (κ2) is 6.91. The first-order valence-electron chi connectivity index (χ1n) is 5.55. The maximum Gasteiger partial charge on any atom is 0.171 e. The van der Waals surface area contributed by atoms with E-state index in [1.807, 2.05) is 13.8 Å². The average molecular weight is 238 g/mol. The molecule has 0 aliphatic heterocycles. The van der Waals surface area contributed by atoms with Gasteiger partial charge in [-0.1, -0.05) is 6.07 Å². The summed E-state index contributed by atoms with van der Waals surface area (Å²) in [6.07, 6.45) is 0.919. The fourth-order valence-electron chi connectivity index (χ4n) is 1.37. The van der Waals surface area contributed by atoms with E-state index in [4.69, 9.17) is 14.2 Å². The molecular weight excluding hydrogens is 220 g/mol. The van der Waals surface area contributed by atoms with Crippen molar-refractivity contribution in [3.63, 3.8) is 0 Å². The number of hydrogen-bond acceptors (Lipinski definition) is 4. The molecule has 0 aliphatic carbocycles. The fraction of sp³-hybridized carbons (Fsp3) is 0.462. The zero-order chi connectivity index (χ0) is 12.7. The Morgan fingerprint density at radius 3 is 2.65 bits per heavy atom. The van der Waals surface area contributed by atoms with Gasteiger partial charge >= 0.3 is 0 Å². The Bertz CT molecular complexity index is 360. The zero-order valence-corrected chi connectivity index (χ0v) is 10.4. The molecule has 4 heteroatoms. The number of carbonyl (C=O) groups excluding carboxylic acids is 1. The van der Waals surface area contributed by atoms with Gasteiger partial charge in [0, 0.05) is 0 Å². The first-order chi connectivity index (χ1) is 8.19. The Hall–Kier alpha value is -1.55. The summed E-state index contributed by atoms with van der Waals surface area (Å²) < 4.78 is 16.0. The topological polar surface area (TPSA) is 44.8 Å². The average Bonchev–Trinajstić information content (AvgIpc) is 2.34. The third kappa shape index (κ3) is 4.07. The van der Waals surface area contributed by atoms with Crippen molar-refractivity contribution < 1.29 is 19.0 Å². The second-order valence-electron chi connectivity index (χ2n) is 3.76. The van der Waals surface area contributed by atoms with Crippen molar-refractivity contribution in [1.29, 1.82) is 0 Å². The molecule has 0 radical (unpaired) electrons. The number of benzene rings is 1. The van der Waals surface area contributed by atoms with Crippen molar-refractivity contribution in [1.82, 2.24) is 0 Å². The fourth-order valence-corrected chi connectivity index (χ4v) is 1.37. The highest BCUT2D eigenvalue weighted by molar-refractivity contribution is 5.81. The minimum atomic E-state index is 0.168. The quantitative estimate of drug-likeness (QED) is 0.540. The van der Waals surface area contributed by atoms with Crippen LogP contribution in [0, 0.1) is 0 Å². The molecule has 0 amide bonds. The van der Waals surface area contributed by atoms with Crippen LogP contribution < -0.4 is 9.47 Å². The third-order valence-electron chi connectivity index (χ3n) is 2.14. The molecule has 17 heavy (non-hydrogen) atoms. The van der Waals surface area contributed by atoms with E-state index in [0.29, 0.717) is 30.3 Å². The predicted octanol–water partition coefficient (Wildman–Crippen LogP) is 2.31. The largest absolute Gasteiger partial charge is 0.493 e. The Morgan fingerprint density at radius 1 is 1.29 bits per heavy atom. The molecule has 0 saturated heterocycles. The lowest BCUT2D eigenvalue weighted by atomic mass is 10.2. The highest BCUT2D eigenvalue weighted by atomic mass is 16.5. The SMILES string of the molecule is COc1cccc(C=O)c1OCCOC(C)C.